The molecular weight excluding hydrogens is 465 g/mol. The summed E-state index contributed by atoms with van der Waals surface area (Å²) in [6, 6.07) is 10.8. The molecule has 2 N–H and O–H groups in total. The number of hydrogen-bond acceptors (Lipinski definition) is 4. The highest BCUT2D eigenvalue weighted by Crippen LogP contribution is 2.07. The van der Waals surface area contributed by atoms with E-state index in [-0.39, 0.29) is 24.0 Å². The summed E-state index contributed by atoms with van der Waals surface area (Å²) in [5.41, 5.74) is 1.41. The summed E-state index contributed by atoms with van der Waals surface area (Å²) in [6.07, 6.45) is 2.19. The molecule has 0 aromatic heterocycles. The van der Waals surface area contributed by atoms with Crippen LogP contribution in [0.1, 0.15) is 25.3 Å². The summed E-state index contributed by atoms with van der Waals surface area (Å²) >= 11 is 0. The smallest absolute Gasteiger partial charge is 0.191 e. The maximum atomic E-state index is 5.36. The second-order valence-electron chi connectivity index (χ2n) is 6.93. The van der Waals surface area contributed by atoms with Gasteiger partial charge in [0.05, 0.1) is 0 Å². The van der Waals surface area contributed by atoms with E-state index in [0.29, 0.717) is 0 Å². The first-order valence-corrected chi connectivity index (χ1v) is 10.3. The van der Waals surface area contributed by atoms with Gasteiger partial charge in [-0.25, -0.2) is 0 Å². The number of halogens is 1. The Morgan fingerprint density at radius 3 is 2.36 bits per heavy atom. The average Bonchev–Trinajstić information content (AvgIpc) is 2.71. The Hall–Kier alpha value is -0.900. The van der Waals surface area contributed by atoms with Gasteiger partial charge in [0.1, 0.15) is 0 Å². The summed E-state index contributed by atoms with van der Waals surface area (Å²) < 4.78 is 5.36. The normalized spacial score (nSPS) is 15.9. The van der Waals surface area contributed by atoms with Crippen LogP contribution in [0.15, 0.2) is 35.3 Å². The van der Waals surface area contributed by atoms with Crippen molar-refractivity contribution in [3.63, 3.8) is 0 Å². The highest BCUT2D eigenvalue weighted by Gasteiger charge is 2.16. The fourth-order valence-corrected chi connectivity index (χ4v) is 3.25. The van der Waals surface area contributed by atoms with Gasteiger partial charge in [-0.05, 0) is 25.3 Å². The molecule has 1 aliphatic heterocycles. The van der Waals surface area contributed by atoms with Crippen LogP contribution in [0.3, 0.4) is 0 Å². The van der Waals surface area contributed by atoms with Crippen molar-refractivity contribution in [2.24, 2.45) is 4.99 Å². The zero-order valence-corrected chi connectivity index (χ0v) is 19.9. The topological polar surface area (TPSA) is 52.1 Å². The van der Waals surface area contributed by atoms with Crippen LogP contribution >= 0.6 is 24.0 Å². The van der Waals surface area contributed by atoms with Crippen molar-refractivity contribution in [3.8, 4) is 0 Å². The number of ether oxygens (including phenoxy) is 1. The third-order valence-corrected chi connectivity index (χ3v) is 4.87. The number of benzene rings is 1. The van der Waals surface area contributed by atoms with Crippen LogP contribution in [0.5, 0.6) is 0 Å². The van der Waals surface area contributed by atoms with Crippen molar-refractivity contribution in [1.82, 2.24) is 20.4 Å². The monoisotopic (exact) mass is 503 g/mol. The van der Waals surface area contributed by atoms with Gasteiger partial charge in [-0.1, -0.05) is 30.3 Å². The van der Waals surface area contributed by atoms with E-state index < -0.39 is 0 Å². The maximum Gasteiger partial charge on any atom is 0.191 e. The lowest BCUT2D eigenvalue weighted by Gasteiger charge is -2.34. The molecule has 0 atom stereocenters. The molecule has 6 nitrogen and oxygen atoms in total. The van der Waals surface area contributed by atoms with Gasteiger partial charge in [-0.15, -0.1) is 24.0 Å². The van der Waals surface area contributed by atoms with E-state index in [2.05, 4.69) is 55.8 Å². The molecule has 1 aromatic rings. The van der Waals surface area contributed by atoms with Gasteiger partial charge >= 0.3 is 0 Å². The summed E-state index contributed by atoms with van der Waals surface area (Å²) in [6.45, 7) is 12.2. The summed E-state index contributed by atoms with van der Waals surface area (Å²) in [4.78, 5) is 9.38. The molecule has 1 aliphatic rings. The largest absolute Gasteiger partial charge is 0.382 e. The van der Waals surface area contributed by atoms with Gasteiger partial charge in [0.15, 0.2) is 5.96 Å². The Labute approximate surface area is 188 Å². The number of nitrogens with zero attached hydrogens (tertiary/aromatic N) is 3. The summed E-state index contributed by atoms with van der Waals surface area (Å²) in [7, 11) is 1.83. The van der Waals surface area contributed by atoms with E-state index in [1.807, 2.05) is 14.0 Å². The van der Waals surface area contributed by atoms with Crippen molar-refractivity contribution in [2.45, 2.75) is 26.3 Å². The van der Waals surface area contributed by atoms with Crippen LogP contribution in [-0.2, 0) is 11.3 Å². The van der Waals surface area contributed by atoms with E-state index in [4.69, 9.17) is 4.74 Å². The minimum atomic E-state index is 0. The molecule has 0 saturated carbocycles. The van der Waals surface area contributed by atoms with Crippen molar-refractivity contribution in [2.75, 3.05) is 66.1 Å². The van der Waals surface area contributed by atoms with Crippen LogP contribution in [-0.4, -0.2) is 81.8 Å². The number of piperazine rings is 1. The second kappa shape index (κ2) is 16.0. The fourth-order valence-electron chi connectivity index (χ4n) is 3.25. The molecule has 1 aromatic carbocycles. The van der Waals surface area contributed by atoms with Crippen LogP contribution in [0, 0.1) is 0 Å². The SMILES string of the molecule is CCOCCCCNC(=NC)NCCN1CCN(Cc2ccccc2)CC1.I. The van der Waals surface area contributed by atoms with Crippen LogP contribution in [0.4, 0.5) is 0 Å². The van der Waals surface area contributed by atoms with Gasteiger partial charge < -0.3 is 15.4 Å². The lowest BCUT2D eigenvalue weighted by Crippen LogP contribution is -2.49. The molecule has 0 aliphatic carbocycles. The molecule has 1 fully saturated rings. The number of unbranched alkanes of at least 4 members (excludes halogenated alkanes) is 1. The van der Waals surface area contributed by atoms with Gasteiger partial charge in [0, 0.05) is 72.6 Å². The van der Waals surface area contributed by atoms with Crippen molar-refractivity contribution in [3.05, 3.63) is 35.9 Å². The molecule has 2 rings (SSSR count). The lowest BCUT2D eigenvalue weighted by atomic mass is 10.2. The van der Waals surface area contributed by atoms with Gasteiger partial charge in [0.2, 0.25) is 0 Å². The number of hydrogen-bond donors (Lipinski definition) is 2. The molecule has 28 heavy (non-hydrogen) atoms. The lowest BCUT2D eigenvalue weighted by molar-refractivity contribution is 0.129. The van der Waals surface area contributed by atoms with Gasteiger partial charge in [-0.2, -0.15) is 0 Å². The Kier molecular flexibility index (Phi) is 14.3. The molecule has 7 heteroatoms. The zero-order valence-electron chi connectivity index (χ0n) is 17.5. The van der Waals surface area contributed by atoms with Crippen LogP contribution in [0.25, 0.3) is 0 Å². The van der Waals surface area contributed by atoms with E-state index in [9.17, 15) is 0 Å². The molecule has 0 bridgehead atoms. The quantitative estimate of drug-likeness (QED) is 0.210. The fraction of sp³-hybridized carbons (Fsp3) is 0.667. The predicted octanol–water partition coefficient (Wildman–Crippen LogP) is 2.40. The minimum absolute atomic E-state index is 0. The zero-order chi connectivity index (χ0) is 19.2. The van der Waals surface area contributed by atoms with Crippen LogP contribution in [0.2, 0.25) is 0 Å². The highest BCUT2D eigenvalue weighted by atomic mass is 127. The maximum absolute atomic E-state index is 5.36. The summed E-state index contributed by atoms with van der Waals surface area (Å²) in [5.74, 6) is 0.897. The van der Waals surface area contributed by atoms with E-state index in [1.54, 1.807) is 0 Å². The molecule has 1 saturated heterocycles. The molecular formula is C21H38IN5O. The first kappa shape index (κ1) is 25.1. The molecule has 0 unspecified atom stereocenters. The minimum Gasteiger partial charge on any atom is -0.382 e. The third-order valence-electron chi connectivity index (χ3n) is 4.87. The van der Waals surface area contributed by atoms with E-state index in [0.717, 1.165) is 84.4 Å². The number of aliphatic imine (C=N–C) groups is 1. The van der Waals surface area contributed by atoms with Gasteiger partial charge in [0.25, 0.3) is 0 Å². The first-order chi connectivity index (χ1) is 13.3. The van der Waals surface area contributed by atoms with Crippen molar-refractivity contribution >= 4 is 29.9 Å². The van der Waals surface area contributed by atoms with E-state index >= 15 is 0 Å². The number of rotatable bonds is 11. The number of guanidine groups is 1. The predicted molar refractivity (Wildman–Crippen MR) is 129 cm³/mol. The van der Waals surface area contributed by atoms with Gasteiger partial charge in [-0.3, -0.25) is 14.8 Å². The molecule has 1 heterocycles. The molecule has 0 spiro atoms. The average molecular weight is 503 g/mol. The molecule has 160 valence electrons. The standard InChI is InChI=1S/C21H37N5O.HI/c1-3-27-18-8-7-11-23-21(22-2)24-12-13-25-14-16-26(17-15-25)19-20-9-5-4-6-10-20;/h4-6,9-10H,3,7-8,11-19H2,1-2H3,(H2,22,23,24);1H. The third kappa shape index (κ3) is 10.6. The highest BCUT2D eigenvalue weighted by molar-refractivity contribution is 14.0. The molecule has 0 amide bonds. The second-order valence-corrected chi connectivity index (χ2v) is 6.93. The van der Waals surface area contributed by atoms with E-state index in [1.165, 1.54) is 5.56 Å². The summed E-state index contributed by atoms with van der Waals surface area (Å²) in [5, 5.41) is 6.80. The van der Waals surface area contributed by atoms with Crippen molar-refractivity contribution in [1.29, 1.82) is 0 Å². The number of nitrogens with one attached hydrogen (secondary N) is 2. The first-order valence-electron chi connectivity index (χ1n) is 10.3. The molecule has 0 radical (unpaired) electrons. The Morgan fingerprint density at radius 1 is 1.00 bits per heavy atom. The Morgan fingerprint density at radius 2 is 1.68 bits per heavy atom. The van der Waals surface area contributed by atoms with Crippen molar-refractivity contribution < 1.29 is 4.74 Å². The van der Waals surface area contributed by atoms with Crippen LogP contribution < -0.4 is 10.6 Å². The Bertz CT molecular complexity index is 521. The Balaban J connectivity index is 0.00000392.